The summed E-state index contributed by atoms with van der Waals surface area (Å²) in [7, 11) is 3.07. The highest BCUT2D eigenvalue weighted by Gasteiger charge is 2.08. The number of anilines is 2. The lowest BCUT2D eigenvalue weighted by Crippen LogP contribution is -2.20. The molecule has 2 aromatic heterocycles. The SMILES string of the molecule is COc1cc(NC(=O)Nc2cc(-n3cncn3)ncn2)cc(OC)c1. The van der Waals surface area contributed by atoms with E-state index < -0.39 is 6.03 Å². The smallest absolute Gasteiger partial charge is 0.324 e. The van der Waals surface area contributed by atoms with E-state index in [2.05, 4.69) is 30.7 Å². The standard InChI is InChI=1S/C15H15N7O3/c1-24-11-3-10(4-12(5-11)25-2)20-15(23)21-13-6-14(18-8-17-13)22-9-16-7-19-22/h3-9H,1-2H3,(H2,17,18,20,21,23). The first-order chi connectivity index (χ1) is 12.2. The van der Waals surface area contributed by atoms with E-state index in [0.717, 1.165) is 0 Å². The van der Waals surface area contributed by atoms with Gasteiger partial charge in [0.05, 0.1) is 14.2 Å². The van der Waals surface area contributed by atoms with Gasteiger partial charge in [0.25, 0.3) is 0 Å². The molecule has 1 aromatic carbocycles. The van der Waals surface area contributed by atoms with Gasteiger partial charge in [0, 0.05) is 30.0 Å². The normalized spacial score (nSPS) is 10.2. The monoisotopic (exact) mass is 341 g/mol. The van der Waals surface area contributed by atoms with Crippen LogP contribution in [-0.4, -0.2) is 45.0 Å². The summed E-state index contributed by atoms with van der Waals surface area (Å²) in [5, 5.41) is 9.28. The third kappa shape index (κ3) is 3.99. The van der Waals surface area contributed by atoms with Crippen molar-refractivity contribution >= 4 is 17.5 Å². The van der Waals surface area contributed by atoms with Crippen LogP contribution < -0.4 is 20.1 Å². The van der Waals surface area contributed by atoms with Crippen LogP contribution in [0.4, 0.5) is 16.3 Å². The van der Waals surface area contributed by atoms with Crippen LogP contribution in [0.25, 0.3) is 5.82 Å². The Morgan fingerprint density at radius 2 is 1.76 bits per heavy atom. The lowest BCUT2D eigenvalue weighted by atomic mass is 10.3. The maximum Gasteiger partial charge on any atom is 0.324 e. The van der Waals surface area contributed by atoms with Crippen LogP contribution in [0.15, 0.2) is 43.2 Å². The van der Waals surface area contributed by atoms with Gasteiger partial charge in [-0.1, -0.05) is 0 Å². The van der Waals surface area contributed by atoms with Crippen molar-refractivity contribution in [2.24, 2.45) is 0 Å². The number of carbonyl (C=O) groups is 1. The molecule has 0 unspecified atom stereocenters. The summed E-state index contributed by atoms with van der Waals surface area (Å²) in [5.41, 5.74) is 0.513. The molecule has 2 amide bonds. The Morgan fingerprint density at radius 3 is 2.40 bits per heavy atom. The summed E-state index contributed by atoms with van der Waals surface area (Å²) in [6.45, 7) is 0. The molecule has 0 spiro atoms. The highest BCUT2D eigenvalue weighted by atomic mass is 16.5. The van der Waals surface area contributed by atoms with Gasteiger partial charge in [-0.05, 0) is 0 Å². The maximum absolute atomic E-state index is 12.2. The van der Waals surface area contributed by atoms with Crippen molar-refractivity contribution in [3.63, 3.8) is 0 Å². The first-order valence-electron chi connectivity index (χ1n) is 7.16. The molecular weight excluding hydrogens is 326 g/mol. The van der Waals surface area contributed by atoms with Crippen molar-refractivity contribution < 1.29 is 14.3 Å². The zero-order valence-electron chi connectivity index (χ0n) is 13.5. The highest BCUT2D eigenvalue weighted by Crippen LogP contribution is 2.25. The lowest BCUT2D eigenvalue weighted by molar-refractivity contribution is 0.262. The Hall–Kier alpha value is -3.69. The minimum atomic E-state index is -0.474. The predicted octanol–water partition coefficient (Wildman–Crippen LogP) is 1.72. The van der Waals surface area contributed by atoms with Crippen molar-refractivity contribution in [2.45, 2.75) is 0 Å². The lowest BCUT2D eigenvalue weighted by Gasteiger charge is -2.10. The molecule has 10 heteroatoms. The molecule has 2 N–H and O–H groups in total. The number of amides is 2. The molecule has 0 aliphatic carbocycles. The quantitative estimate of drug-likeness (QED) is 0.725. The Morgan fingerprint density at radius 1 is 1.00 bits per heavy atom. The Bertz CT molecular complexity index is 845. The number of ether oxygens (including phenoxy) is 2. The van der Waals surface area contributed by atoms with E-state index in [4.69, 9.17) is 9.47 Å². The largest absolute Gasteiger partial charge is 0.497 e. The Balaban J connectivity index is 1.72. The summed E-state index contributed by atoms with van der Waals surface area (Å²) in [4.78, 5) is 24.1. The molecule has 128 valence electrons. The van der Waals surface area contributed by atoms with E-state index in [1.807, 2.05) is 0 Å². The molecule has 25 heavy (non-hydrogen) atoms. The molecule has 3 rings (SSSR count). The van der Waals surface area contributed by atoms with Gasteiger partial charge in [-0.2, -0.15) is 5.10 Å². The number of nitrogens with zero attached hydrogens (tertiary/aromatic N) is 5. The topological polar surface area (TPSA) is 116 Å². The van der Waals surface area contributed by atoms with E-state index in [-0.39, 0.29) is 0 Å². The van der Waals surface area contributed by atoms with E-state index in [1.165, 1.54) is 37.9 Å². The summed E-state index contributed by atoms with van der Waals surface area (Å²) in [5.74, 6) is 1.91. The average Bonchev–Trinajstić information content (AvgIpc) is 3.16. The van der Waals surface area contributed by atoms with Gasteiger partial charge < -0.3 is 14.8 Å². The third-order valence-electron chi connectivity index (χ3n) is 3.16. The average molecular weight is 341 g/mol. The molecule has 0 aliphatic rings. The predicted molar refractivity (Wildman–Crippen MR) is 89.1 cm³/mol. The molecule has 2 heterocycles. The summed E-state index contributed by atoms with van der Waals surface area (Å²) < 4.78 is 11.8. The molecule has 0 fully saturated rings. The van der Waals surface area contributed by atoms with Gasteiger partial charge in [-0.25, -0.2) is 24.4 Å². The third-order valence-corrected chi connectivity index (χ3v) is 3.16. The molecule has 0 radical (unpaired) electrons. The number of rotatable bonds is 5. The van der Waals surface area contributed by atoms with E-state index in [1.54, 1.807) is 24.3 Å². The minimum Gasteiger partial charge on any atom is -0.497 e. The van der Waals surface area contributed by atoms with Crippen LogP contribution in [-0.2, 0) is 0 Å². The fraction of sp³-hybridized carbons (Fsp3) is 0.133. The van der Waals surface area contributed by atoms with Crippen LogP contribution in [0.5, 0.6) is 11.5 Å². The number of hydrogen-bond acceptors (Lipinski definition) is 7. The second kappa shape index (κ2) is 7.25. The van der Waals surface area contributed by atoms with E-state index >= 15 is 0 Å². The number of aromatic nitrogens is 5. The number of benzene rings is 1. The molecule has 0 saturated heterocycles. The van der Waals surface area contributed by atoms with Gasteiger partial charge in [0.15, 0.2) is 5.82 Å². The highest BCUT2D eigenvalue weighted by molar-refractivity contribution is 5.99. The van der Waals surface area contributed by atoms with Crippen molar-refractivity contribution in [3.05, 3.63) is 43.2 Å². The van der Waals surface area contributed by atoms with Gasteiger partial charge in [-0.3, -0.25) is 5.32 Å². The van der Waals surface area contributed by atoms with Gasteiger partial charge in [0.1, 0.15) is 36.3 Å². The first kappa shape index (κ1) is 16.2. The molecule has 0 bridgehead atoms. The van der Waals surface area contributed by atoms with Crippen LogP contribution in [0, 0.1) is 0 Å². The Kier molecular flexibility index (Phi) is 4.69. The van der Waals surface area contributed by atoms with Crippen LogP contribution in [0.1, 0.15) is 0 Å². The Labute approximate surface area is 142 Å². The van der Waals surface area contributed by atoms with Gasteiger partial charge in [0.2, 0.25) is 0 Å². The molecule has 10 nitrogen and oxygen atoms in total. The molecule has 0 aliphatic heterocycles. The van der Waals surface area contributed by atoms with Crippen molar-refractivity contribution in [1.82, 2.24) is 24.7 Å². The molecule has 0 atom stereocenters. The molecular formula is C15H15N7O3. The second-order valence-corrected chi connectivity index (χ2v) is 4.78. The maximum atomic E-state index is 12.2. The van der Waals surface area contributed by atoms with Gasteiger partial charge in [-0.15, -0.1) is 0 Å². The van der Waals surface area contributed by atoms with Crippen LogP contribution in [0.2, 0.25) is 0 Å². The van der Waals surface area contributed by atoms with Crippen LogP contribution in [0.3, 0.4) is 0 Å². The molecule has 0 saturated carbocycles. The zero-order valence-corrected chi connectivity index (χ0v) is 13.5. The van der Waals surface area contributed by atoms with Gasteiger partial charge >= 0.3 is 6.03 Å². The minimum absolute atomic E-state index is 0.313. The van der Waals surface area contributed by atoms with Crippen LogP contribution >= 0.6 is 0 Å². The first-order valence-corrected chi connectivity index (χ1v) is 7.16. The van der Waals surface area contributed by atoms with E-state index in [9.17, 15) is 4.79 Å². The summed E-state index contributed by atoms with van der Waals surface area (Å²) in [6, 6.07) is 6.14. The summed E-state index contributed by atoms with van der Waals surface area (Å²) >= 11 is 0. The number of methoxy groups -OCH3 is 2. The van der Waals surface area contributed by atoms with Crippen molar-refractivity contribution in [1.29, 1.82) is 0 Å². The number of carbonyl (C=O) groups excluding carboxylic acids is 1. The number of urea groups is 1. The number of hydrogen-bond donors (Lipinski definition) is 2. The fourth-order valence-corrected chi connectivity index (χ4v) is 2.03. The fourth-order valence-electron chi connectivity index (χ4n) is 2.03. The molecule has 3 aromatic rings. The van der Waals surface area contributed by atoms with Crippen molar-refractivity contribution in [2.75, 3.05) is 24.9 Å². The summed E-state index contributed by atoms with van der Waals surface area (Å²) in [6.07, 6.45) is 4.20. The van der Waals surface area contributed by atoms with Crippen molar-refractivity contribution in [3.8, 4) is 17.3 Å². The second-order valence-electron chi connectivity index (χ2n) is 4.78. The number of nitrogens with one attached hydrogen (secondary N) is 2. The zero-order chi connectivity index (χ0) is 17.6. The van der Waals surface area contributed by atoms with E-state index in [0.29, 0.717) is 28.8 Å².